The number of alkyl halides is 1. The van der Waals surface area contributed by atoms with Gasteiger partial charge < -0.3 is 0 Å². The first-order valence-electron chi connectivity index (χ1n) is 4.27. The zero-order valence-corrected chi connectivity index (χ0v) is 8.92. The molecule has 0 heterocycles. The van der Waals surface area contributed by atoms with Crippen molar-refractivity contribution in [1.29, 1.82) is 0 Å². The molecule has 0 nitrogen and oxygen atoms in total. The predicted molar refractivity (Wildman–Crippen MR) is 57.5 cm³/mol. The topological polar surface area (TPSA) is 0 Å². The monoisotopic (exact) mass is 225 g/mol. The molecule has 0 amide bonds. The molecular weight excluding hydrogens is 212 g/mol. The molecule has 0 bridgehead atoms. The van der Waals surface area contributed by atoms with Crippen LogP contribution in [0.1, 0.15) is 24.8 Å². The first kappa shape index (κ1) is 9.79. The second-order valence-corrected chi connectivity index (χ2v) is 4.12. The Balaban J connectivity index is 2.71. The van der Waals surface area contributed by atoms with Gasteiger partial charge in [0.1, 0.15) is 0 Å². The molecule has 1 aromatic rings. The number of rotatable bonds is 3. The molecule has 0 saturated heterocycles. The van der Waals surface area contributed by atoms with Crippen molar-refractivity contribution in [3.63, 3.8) is 0 Å². The summed E-state index contributed by atoms with van der Waals surface area (Å²) in [5.74, 6) is 0.358. The third-order valence-electron chi connectivity index (χ3n) is 2.05. The Morgan fingerprint density at radius 2 is 1.92 bits per heavy atom. The Bertz CT molecular complexity index is 218. The van der Waals surface area contributed by atoms with Gasteiger partial charge in [0.2, 0.25) is 0 Å². The first-order valence-corrected chi connectivity index (χ1v) is 5.19. The molecule has 0 aromatic heterocycles. The molecule has 1 aromatic carbocycles. The first-order chi connectivity index (χ1) is 5.75. The van der Waals surface area contributed by atoms with E-state index in [-0.39, 0.29) is 0 Å². The fourth-order valence-electron chi connectivity index (χ4n) is 1.19. The van der Waals surface area contributed by atoms with E-state index in [9.17, 15) is 0 Å². The number of hydrogen-bond acceptors (Lipinski definition) is 0. The summed E-state index contributed by atoms with van der Waals surface area (Å²) in [6, 6.07) is 10.4. The van der Waals surface area contributed by atoms with Crippen molar-refractivity contribution in [2.24, 2.45) is 0 Å². The molecule has 0 aliphatic carbocycles. The number of benzene rings is 1. The smallest absolute Gasteiger partial charge is 0.0211 e. The van der Waals surface area contributed by atoms with Gasteiger partial charge in [-0.1, -0.05) is 53.2 Å². The summed E-state index contributed by atoms with van der Waals surface area (Å²) in [6.07, 6.45) is 1.11. The van der Waals surface area contributed by atoms with E-state index in [1.807, 2.05) is 6.07 Å². The lowest BCUT2D eigenvalue weighted by Gasteiger charge is -2.16. The Morgan fingerprint density at radius 3 is 2.42 bits per heavy atom. The van der Waals surface area contributed by atoms with Crippen molar-refractivity contribution in [3.05, 3.63) is 42.8 Å². The van der Waals surface area contributed by atoms with Crippen LogP contribution in [0.5, 0.6) is 0 Å². The minimum atomic E-state index is 0.358. The second kappa shape index (κ2) is 4.66. The summed E-state index contributed by atoms with van der Waals surface area (Å²) >= 11 is 3.62. The lowest BCUT2D eigenvalue weighted by molar-refractivity contribution is 0.746. The predicted octanol–water partition coefficient (Wildman–Crippen LogP) is 3.78. The lowest BCUT2D eigenvalue weighted by Crippen LogP contribution is -2.07. The molecule has 2 unspecified atom stereocenters. The normalized spacial score (nSPS) is 15.6. The lowest BCUT2D eigenvalue weighted by atomic mass is 9.97. The molecule has 65 valence electrons. The highest BCUT2D eigenvalue weighted by Crippen LogP contribution is 2.25. The largest absolute Gasteiger partial charge is 0.0884 e. The van der Waals surface area contributed by atoms with Crippen molar-refractivity contribution in [2.75, 3.05) is 0 Å². The van der Waals surface area contributed by atoms with Crippen LogP contribution in [0.15, 0.2) is 30.3 Å². The minimum absolute atomic E-state index is 0.358. The van der Waals surface area contributed by atoms with Gasteiger partial charge in [-0.25, -0.2) is 0 Å². The maximum atomic E-state index is 4.13. The molecular formula is C11H14Br. The van der Waals surface area contributed by atoms with Crippen LogP contribution in [0.4, 0.5) is 0 Å². The minimum Gasteiger partial charge on any atom is -0.0884 e. The molecule has 1 heteroatoms. The van der Waals surface area contributed by atoms with Gasteiger partial charge in [0.05, 0.1) is 0 Å². The SMILES string of the molecule is [CH2]C(c1ccccc1)C(Br)CC. The van der Waals surface area contributed by atoms with E-state index in [4.69, 9.17) is 0 Å². The molecule has 0 saturated carbocycles. The molecule has 0 N–H and O–H groups in total. The van der Waals surface area contributed by atoms with Crippen LogP contribution < -0.4 is 0 Å². The maximum absolute atomic E-state index is 4.13. The molecule has 12 heavy (non-hydrogen) atoms. The maximum Gasteiger partial charge on any atom is 0.0211 e. The zero-order valence-electron chi connectivity index (χ0n) is 7.33. The van der Waals surface area contributed by atoms with Gasteiger partial charge in [0.15, 0.2) is 0 Å². The molecule has 0 aliphatic rings. The quantitative estimate of drug-likeness (QED) is 0.688. The van der Waals surface area contributed by atoms with Crippen LogP contribution in [0, 0.1) is 6.92 Å². The van der Waals surface area contributed by atoms with E-state index in [1.165, 1.54) is 5.56 Å². The van der Waals surface area contributed by atoms with Crippen LogP contribution in [-0.2, 0) is 0 Å². The summed E-state index contributed by atoms with van der Waals surface area (Å²) in [5, 5.41) is 0. The van der Waals surface area contributed by atoms with Crippen molar-refractivity contribution in [3.8, 4) is 0 Å². The van der Waals surface area contributed by atoms with Crippen LogP contribution >= 0.6 is 15.9 Å². The fourth-order valence-corrected chi connectivity index (χ4v) is 1.50. The fraction of sp³-hybridized carbons (Fsp3) is 0.364. The van der Waals surface area contributed by atoms with Crippen molar-refractivity contribution in [1.82, 2.24) is 0 Å². The standard InChI is InChI=1S/C11H14Br/c1-3-11(12)9(2)10-7-5-4-6-8-10/h4-9,11H,2-3H2,1H3. The van der Waals surface area contributed by atoms with Crippen molar-refractivity contribution < 1.29 is 0 Å². The van der Waals surface area contributed by atoms with E-state index >= 15 is 0 Å². The molecule has 0 spiro atoms. The average Bonchev–Trinajstić information content (AvgIpc) is 2.17. The Morgan fingerprint density at radius 1 is 1.33 bits per heavy atom. The van der Waals surface area contributed by atoms with Crippen LogP contribution in [0.2, 0.25) is 0 Å². The zero-order chi connectivity index (χ0) is 8.97. The van der Waals surface area contributed by atoms with Crippen molar-refractivity contribution in [2.45, 2.75) is 24.1 Å². The third-order valence-corrected chi connectivity index (χ3v) is 3.34. The van der Waals surface area contributed by atoms with Gasteiger partial charge in [-0.05, 0) is 24.8 Å². The summed E-state index contributed by atoms with van der Waals surface area (Å²) < 4.78 is 0. The summed E-state index contributed by atoms with van der Waals surface area (Å²) in [7, 11) is 0. The highest BCUT2D eigenvalue weighted by Gasteiger charge is 2.12. The van der Waals surface area contributed by atoms with E-state index in [1.54, 1.807) is 0 Å². The van der Waals surface area contributed by atoms with Gasteiger partial charge in [-0.3, -0.25) is 0 Å². The summed E-state index contributed by atoms with van der Waals surface area (Å²) in [5.41, 5.74) is 1.31. The van der Waals surface area contributed by atoms with Crippen LogP contribution in [-0.4, -0.2) is 4.83 Å². The van der Waals surface area contributed by atoms with Crippen LogP contribution in [0.3, 0.4) is 0 Å². The van der Waals surface area contributed by atoms with E-state index < -0.39 is 0 Å². The van der Waals surface area contributed by atoms with Gasteiger partial charge >= 0.3 is 0 Å². The molecule has 1 radical (unpaired) electrons. The van der Waals surface area contributed by atoms with E-state index in [0.29, 0.717) is 10.7 Å². The van der Waals surface area contributed by atoms with Gasteiger partial charge in [0.25, 0.3) is 0 Å². The van der Waals surface area contributed by atoms with Crippen molar-refractivity contribution >= 4 is 15.9 Å². The molecule has 1 rings (SSSR count). The van der Waals surface area contributed by atoms with E-state index in [0.717, 1.165) is 6.42 Å². The summed E-state index contributed by atoms with van der Waals surface area (Å²) in [6.45, 7) is 6.30. The molecule has 0 fully saturated rings. The highest BCUT2D eigenvalue weighted by molar-refractivity contribution is 9.09. The second-order valence-electron chi connectivity index (χ2n) is 2.94. The van der Waals surface area contributed by atoms with Gasteiger partial charge in [-0.2, -0.15) is 0 Å². The van der Waals surface area contributed by atoms with Gasteiger partial charge in [0, 0.05) is 4.83 Å². The van der Waals surface area contributed by atoms with Crippen LogP contribution in [0.25, 0.3) is 0 Å². The Labute approximate surface area is 83.1 Å². The molecule has 2 atom stereocenters. The van der Waals surface area contributed by atoms with Gasteiger partial charge in [-0.15, -0.1) is 0 Å². The highest BCUT2D eigenvalue weighted by atomic mass is 79.9. The number of hydrogen-bond donors (Lipinski definition) is 0. The Hall–Kier alpha value is -0.300. The summed E-state index contributed by atoms with van der Waals surface area (Å²) in [4.78, 5) is 0.486. The number of halogens is 1. The third kappa shape index (κ3) is 2.34. The Kier molecular flexibility index (Phi) is 3.80. The van der Waals surface area contributed by atoms with E-state index in [2.05, 4.69) is 54.0 Å². The molecule has 0 aliphatic heterocycles. The average molecular weight is 226 g/mol.